The highest BCUT2D eigenvalue weighted by molar-refractivity contribution is 5.77. The van der Waals surface area contributed by atoms with Gasteiger partial charge in [0, 0.05) is 32.7 Å². The van der Waals surface area contributed by atoms with Crippen LogP contribution in [0.1, 0.15) is 18.4 Å². The van der Waals surface area contributed by atoms with E-state index in [2.05, 4.69) is 29.2 Å². The zero-order valence-electron chi connectivity index (χ0n) is 13.7. The number of amides is 1. The van der Waals surface area contributed by atoms with Crippen LogP contribution >= 0.6 is 0 Å². The minimum Gasteiger partial charge on any atom is -0.375 e. The van der Waals surface area contributed by atoms with Gasteiger partial charge in [-0.1, -0.05) is 30.3 Å². The van der Waals surface area contributed by atoms with E-state index in [1.807, 2.05) is 11.0 Å². The molecule has 23 heavy (non-hydrogen) atoms. The van der Waals surface area contributed by atoms with Crippen LogP contribution in [0.4, 0.5) is 0 Å². The molecular formula is C18H27N3O2. The van der Waals surface area contributed by atoms with E-state index < -0.39 is 0 Å². The molecule has 0 aromatic heterocycles. The van der Waals surface area contributed by atoms with Crippen LogP contribution in [-0.2, 0) is 16.1 Å². The SMILES string of the molecule is NCC1CCN(C(=O)CC2CN(Cc3ccccc3)CCO2)C1. The smallest absolute Gasteiger partial charge is 0.225 e. The summed E-state index contributed by atoms with van der Waals surface area (Å²) < 4.78 is 5.82. The van der Waals surface area contributed by atoms with Crippen LogP contribution in [0, 0.1) is 5.92 Å². The van der Waals surface area contributed by atoms with Gasteiger partial charge in [0.1, 0.15) is 0 Å². The summed E-state index contributed by atoms with van der Waals surface area (Å²) in [5.41, 5.74) is 7.01. The highest BCUT2D eigenvalue weighted by Gasteiger charge is 2.29. The molecular weight excluding hydrogens is 290 g/mol. The molecule has 3 rings (SSSR count). The van der Waals surface area contributed by atoms with E-state index in [1.165, 1.54) is 5.56 Å². The normalized spacial score (nSPS) is 25.7. The van der Waals surface area contributed by atoms with Gasteiger partial charge in [-0.25, -0.2) is 0 Å². The number of ether oxygens (including phenoxy) is 1. The van der Waals surface area contributed by atoms with Crippen molar-refractivity contribution in [1.82, 2.24) is 9.80 Å². The third-order valence-corrected chi connectivity index (χ3v) is 4.85. The molecule has 2 N–H and O–H groups in total. The standard InChI is InChI=1S/C18H27N3O2/c19-11-16-6-7-21(13-16)18(22)10-17-14-20(8-9-23-17)12-15-4-2-1-3-5-15/h1-5,16-17H,6-14,19H2. The lowest BCUT2D eigenvalue weighted by Gasteiger charge is -2.33. The highest BCUT2D eigenvalue weighted by Crippen LogP contribution is 2.18. The summed E-state index contributed by atoms with van der Waals surface area (Å²) in [7, 11) is 0. The molecule has 5 heteroatoms. The monoisotopic (exact) mass is 317 g/mol. The third-order valence-electron chi connectivity index (χ3n) is 4.85. The number of carbonyl (C=O) groups excluding carboxylic acids is 1. The van der Waals surface area contributed by atoms with E-state index in [-0.39, 0.29) is 12.0 Å². The summed E-state index contributed by atoms with van der Waals surface area (Å²) in [5, 5.41) is 0. The van der Waals surface area contributed by atoms with Gasteiger partial charge in [-0.3, -0.25) is 9.69 Å². The van der Waals surface area contributed by atoms with Crippen LogP contribution in [0.25, 0.3) is 0 Å². The van der Waals surface area contributed by atoms with Crippen LogP contribution in [-0.4, -0.2) is 61.1 Å². The molecule has 2 aliphatic rings. The Hall–Kier alpha value is -1.43. The van der Waals surface area contributed by atoms with Crippen molar-refractivity contribution in [3.8, 4) is 0 Å². The molecule has 2 saturated heterocycles. The molecule has 126 valence electrons. The topological polar surface area (TPSA) is 58.8 Å². The second-order valence-electron chi connectivity index (χ2n) is 6.65. The first-order valence-electron chi connectivity index (χ1n) is 8.60. The van der Waals surface area contributed by atoms with Gasteiger partial charge in [0.05, 0.1) is 19.1 Å². The van der Waals surface area contributed by atoms with Crippen molar-refractivity contribution in [2.75, 3.05) is 39.3 Å². The first kappa shape index (κ1) is 16.4. The Morgan fingerprint density at radius 2 is 2.04 bits per heavy atom. The average molecular weight is 317 g/mol. The van der Waals surface area contributed by atoms with E-state index in [0.717, 1.165) is 39.1 Å². The average Bonchev–Trinajstić information content (AvgIpc) is 3.05. The Balaban J connectivity index is 1.48. The summed E-state index contributed by atoms with van der Waals surface area (Å²) >= 11 is 0. The minimum atomic E-state index is 0.0110. The van der Waals surface area contributed by atoms with Gasteiger partial charge in [0.25, 0.3) is 0 Å². The van der Waals surface area contributed by atoms with Crippen molar-refractivity contribution in [3.05, 3.63) is 35.9 Å². The summed E-state index contributed by atoms with van der Waals surface area (Å²) in [6.07, 6.45) is 1.54. The zero-order chi connectivity index (χ0) is 16.1. The Labute approximate surface area is 138 Å². The maximum Gasteiger partial charge on any atom is 0.225 e. The molecule has 0 radical (unpaired) electrons. The van der Waals surface area contributed by atoms with E-state index in [4.69, 9.17) is 10.5 Å². The molecule has 1 amide bonds. The van der Waals surface area contributed by atoms with E-state index in [0.29, 0.717) is 25.5 Å². The second kappa shape index (κ2) is 7.90. The van der Waals surface area contributed by atoms with Crippen molar-refractivity contribution >= 4 is 5.91 Å². The Kier molecular flexibility index (Phi) is 5.65. The maximum absolute atomic E-state index is 12.4. The van der Waals surface area contributed by atoms with Gasteiger partial charge in [-0.15, -0.1) is 0 Å². The Morgan fingerprint density at radius 3 is 2.78 bits per heavy atom. The van der Waals surface area contributed by atoms with E-state index in [1.54, 1.807) is 0 Å². The largest absolute Gasteiger partial charge is 0.375 e. The number of hydrogen-bond donors (Lipinski definition) is 1. The highest BCUT2D eigenvalue weighted by atomic mass is 16.5. The number of hydrogen-bond acceptors (Lipinski definition) is 4. The van der Waals surface area contributed by atoms with Gasteiger partial charge in [-0.05, 0) is 24.4 Å². The van der Waals surface area contributed by atoms with Crippen molar-refractivity contribution in [2.24, 2.45) is 11.7 Å². The van der Waals surface area contributed by atoms with Gasteiger partial charge >= 0.3 is 0 Å². The zero-order valence-corrected chi connectivity index (χ0v) is 13.7. The molecule has 0 aliphatic carbocycles. The second-order valence-corrected chi connectivity index (χ2v) is 6.65. The van der Waals surface area contributed by atoms with Gasteiger partial charge in [-0.2, -0.15) is 0 Å². The fourth-order valence-corrected chi connectivity index (χ4v) is 3.46. The van der Waals surface area contributed by atoms with Gasteiger partial charge < -0.3 is 15.4 Å². The lowest BCUT2D eigenvalue weighted by Crippen LogP contribution is -2.44. The lowest BCUT2D eigenvalue weighted by atomic mass is 10.1. The quantitative estimate of drug-likeness (QED) is 0.883. The molecule has 2 heterocycles. The molecule has 2 atom stereocenters. The lowest BCUT2D eigenvalue weighted by molar-refractivity contribution is -0.135. The summed E-state index contributed by atoms with van der Waals surface area (Å²) in [6.45, 7) is 5.73. The molecule has 2 unspecified atom stereocenters. The van der Waals surface area contributed by atoms with Crippen molar-refractivity contribution in [1.29, 1.82) is 0 Å². The van der Waals surface area contributed by atoms with Crippen LogP contribution in [0.2, 0.25) is 0 Å². The fourth-order valence-electron chi connectivity index (χ4n) is 3.46. The first-order chi connectivity index (χ1) is 11.2. The third kappa shape index (κ3) is 4.53. The number of nitrogens with two attached hydrogens (primary N) is 1. The molecule has 1 aromatic rings. The summed E-state index contributed by atoms with van der Waals surface area (Å²) in [4.78, 5) is 16.8. The number of rotatable bonds is 5. The van der Waals surface area contributed by atoms with Crippen LogP contribution in [0.15, 0.2) is 30.3 Å². The predicted octanol–water partition coefficient (Wildman–Crippen LogP) is 1.08. The molecule has 5 nitrogen and oxygen atoms in total. The number of nitrogens with zero attached hydrogens (tertiary/aromatic N) is 2. The summed E-state index contributed by atoms with van der Waals surface area (Å²) in [5.74, 6) is 0.688. The molecule has 1 aromatic carbocycles. The predicted molar refractivity (Wildman–Crippen MR) is 89.8 cm³/mol. The fraction of sp³-hybridized carbons (Fsp3) is 0.611. The molecule has 0 bridgehead atoms. The van der Waals surface area contributed by atoms with E-state index >= 15 is 0 Å². The maximum atomic E-state index is 12.4. The number of carbonyl (C=O) groups is 1. The van der Waals surface area contributed by atoms with Crippen LogP contribution in [0.5, 0.6) is 0 Å². The molecule has 0 spiro atoms. The number of likely N-dealkylation sites (tertiary alicyclic amines) is 1. The molecule has 2 aliphatic heterocycles. The first-order valence-corrected chi connectivity index (χ1v) is 8.60. The van der Waals surface area contributed by atoms with E-state index in [9.17, 15) is 4.79 Å². The van der Waals surface area contributed by atoms with Gasteiger partial charge in [0.15, 0.2) is 0 Å². The number of morpholine rings is 1. The van der Waals surface area contributed by atoms with Crippen LogP contribution < -0.4 is 5.73 Å². The van der Waals surface area contributed by atoms with Crippen molar-refractivity contribution in [3.63, 3.8) is 0 Å². The van der Waals surface area contributed by atoms with Crippen molar-refractivity contribution in [2.45, 2.75) is 25.5 Å². The Bertz CT molecular complexity index is 508. The molecule has 2 fully saturated rings. The number of benzene rings is 1. The Morgan fingerprint density at radius 1 is 1.22 bits per heavy atom. The minimum absolute atomic E-state index is 0.0110. The van der Waals surface area contributed by atoms with Crippen molar-refractivity contribution < 1.29 is 9.53 Å². The summed E-state index contributed by atoms with van der Waals surface area (Å²) in [6, 6.07) is 10.5. The van der Waals surface area contributed by atoms with Gasteiger partial charge in [0.2, 0.25) is 5.91 Å². The van der Waals surface area contributed by atoms with Crippen LogP contribution in [0.3, 0.4) is 0 Å². The molecule has 0 saturated carbocycles.